The summed E-state index contributed by atoms with van der Waals surface area (Å²) >= 11 is 0. The summed E-state index contributed by atoms with van der Waals surface area (Å²) in [6, 6.07) is 11.6. The minimum Gasteiger partial charge on any atom is -0.378 e. The third kappa shape index (κ3) is 2.25. The molecular formula is C16H17N3O. The molecule has 2 heterocycles. The second kappa shape index (κ2) is 4.96. The lowest BCUT2D eigenvalue weighted by molar-refractivity contribution is 0.0750. The third-order valence-electron chi connectivity index (χ3n) is 3.60. The van der Waals surface area contributed by atoms with Gasteiger partial charge in [0.05, 0.1) is 12.2 Å². The predicted molar refractivity (Wildman–Crippen MR) is 78.6 cm³/mol. The van der Waals surface area contributed by atoms with Gasteiger partial charge in [0.2, 0.25) is 0 Å². The maximum absolute atomic E-state index is 12.5. The molecular weight excluding hydrogens is 250 g/mol. The molecule has 1 aromatic carbocycles. The summed E-state index contributed by atoms with van der Waals surface area (Å²) in [5, 5.41) is 0. The Morgan fingerprint density at radius 2 is 1.90 bits per heavy atom. The van der Waals surface area contributed by atoms with Crippen LogP contribution in [0.15, 0.2) is 42.6 Å². The molecule has 0 fully saturated rings. The van der Waals surface area contributed by atoms with Gasteiger partial charge in [0.1, 0.15) is 0 Å². The number of rotatable bonds is 2. The van der Waals surface area contributed by atoms with Crippen LogP contribution in [-0.2, 0) is 13.1 Å². The summed E-state index contributed by atoms with van der Waals surface area (Å²) in [5.74, 6) is 0.0632. The van der Waals surface area contributed by atoms with Crippen molar-refractivity contribution in [2.45, 2.75) is 13.1 Å². The standard InChI is InChI=1S/C16H17N3O/c1-18(2)14-7-5-12(6-8-14)16(20)19-10-13-4-3-9-17-15(13)11-19/h3-9H,10-11H2,1-2H3. The number of anilines is 1. The molecule has 1 amide bonds. The minimum absolute atomic E-state index is 0.0632. The number of pyridine rings is 1. The normalized spacial score (nSPS) is 13.2. The number of amides is 1. The molecule has 4 heteroatoms. The zero-order valence-corrected chi connectivity index (χ0v) is 11.7. The Labute approximate surface area is 118 Å². The molecule has 0 bridgehead atoms. The Morgan fingerprint density at radius 1 is 1.15 bits per heavy atom. The van der Waals surface area contributed by atoms with Gasteiger partial charge in [-0.15, -0.1) is 0 Å². The van der Waals surface area contributed by atoms with E-state index in [0.717, 1.165) is 22.5 Å². The van der Waals surface area contributed by atoms with E-state index in [-0.39, 0.29) is 5.91 Å². The van der Waals surface area contributed by atoms with E-state index in [1.54, 1.807) is 6.20 Å². The lowest BCUT2D eigenvalue weighted by Crippen LogP contribution is -2.25. The summed E-state index contributed by atoms with van der Waals surface area (Å²) in [5.41, 5.74) is 3.97. The second-order valence-electron chi connectivity index (χ2n) is 5.21. The Balaban J connectivity index is 1.78. The van der Waals surface area contributed by atoms with Gasteiger partial charge in [-0.05, 0) is 35.9 Å². The maximum Gasteiger partial charge on any atom is 0.254 e. The fourth-order valence-corrected chi connectivity index (χ4v) is 2.43. The van der Waals surface area contributed by atoms with E-state index in [0.29, 0.717) is 13.1 Å². The average Bonchev–Trinajstić information content (AvgIpc) is 2.90. The first-order chi connectivity index (χ1) is 9.65. The monoisotopic (exact) mass is 267 g/mol. The van der Waals surface area contributed by atoms with Crippen LogP contribution in [0.4, 0.5) is 5.69 Å². The average molecular weight is 267 g/mol. The summed E-state index contributed by atoms with van der Waals surface area (Å²) in [6.07, 6.45) is 1.78. The van der Waals surface area contributed by atoms with Crippen molar-refractivity contribution in [3.63, 3.8) is 0 Å². The smallest absolute Gasteiger partial charge is 0.254 e. The highest BCUT2D eigenvalue weighted by atomic mass is 16.2. The van der Waals surface area contributed by atoms with Crippen molar-refractivity contribution in [2.24, 2.45) is 0 Å². The first-order valence-electron chi connectivity index (χ1n) is 6.64. The van der Waals surface area contributed by atoms with Crippen LogP contribution >= 0.6 is 0 Å². The van der Waals surface area contributed by atoms with E-state index in [4.69, 9.17) is 0 Å². The quantitative estimate of drug-likeness (QED) is 0.837. The first kappa shape index (κ1) is 12.7. The number of hydrogen-bond donors (Lipinski definition) is 0. The van der Waals surface area contributed by atoms with E-state index in [1.807, 2.05) is 60.3 Å². The molecule has 1 aliphatic heterocycles. The summed E-state index contributed by atoms with van der Waals surface area (Å²) < 4.78 is 0. The van der Waals surface area contributed by atoms with Gasteiger partial charge >= 0.3 is 0 Å². The number of aromatic nitrogens is 1. The van der Waals surface area contributed by atoms with Crippen LogP contribution in [-0.4, -0.2) is 29.9 Å². The van der Waals surface area contributed by atoms with Crippen molar-refractivity contribution < 1.29 is 4.79 Å². The van der Waals surface area contributed by atoms with E-state index < -0.39 is 0 Å². The van der Waals surface area contributed by atoms with Crippen molar-refractivity contribution in [2.75, 3.05) is 19.0 Å². The number of benzene rings is 1. The van der Waals surface area contributed by atoms with Crippen LogP contribution < -0.4 is 4.90 Å². The largest absolute Gasteiger partial charge is 0.378 e. The molecule has 0 saturated carbocycles. The molecule has 0 unspecified atom stereocenters. The number of carbonyl (C=O) groups is 1. The van der Waals surface area contributed by atoms with E-state index in [1.165, 1.54) is 0 Å². The van der Waals surface area contributed by atoms with Crippen molar-refractivity contribution in [3.05, 3.63) is 59.4 Å². The first-order valence-corrected chi connectivity index (χ1v) is 6.64. The highest BCUT2D eigenvalue weighted by Crippen LogP contribution is 2.23. The van der Waals surface area contributed by atoms with Gasteiger partial charge in [-0.1, -0.05) is 6.07 Å². The van der Waals surface area contributed by atoms with Crippen molar-refractivity contribution in [3.8, 4) is 0 Å². The third-order valence-corrected chi connectivity index (χ3v) is 3.60. The minimum atomic E-state index is 0.0632. The zero-order chi connectivity index (χ0) is 14.1. The number of carbonyl (C=O) groups excluding carboxylic acids is 1. The van der Waals surface area contributed by atoms with Crippen LogP contribution in [0.1, 0.15) is 21.6 Å². The number of nitrogens with zero attached hydrogens (tertiary/aromatic N) is 3. The van der Waals surface area contributed by atoms with Crippen LogP contribution in [0.25, 0.3) is 0 Å². The van der Waals surface area contributed by atoms with Gasteiger partial charge in [-0.3, -0.25) is 9.78 Å². The molecule has 0 radical (unpaired) electrons. The molecule has 4 nitrogen and oxygen atoms in total. The van der Waals surface area contributed by atoms with Gasteiger partial charge in [-0.25, -0.2) is 0 Å². The molecule has 0 aliphatic carbocycles. The van der Waals surface area contributed by atoms with Crippen LogP contribution in [0, 0.1) is 0 Å². The van der Waals surface area contributed by atoms with Gasteiger partial charge in [0, 0.05) is 38.1 Å². The lowest BCUT2D eigenvalue weighted by atomic mass is 10.2. The fourth-order valence-electron chi connectivity index (χ4n) is 2.43. The van der Waals surface area contributed by atoms with Crippen LogP contribution in [0.3, 0.4) is 0 Å². The van der Waals surface area contributed by atoms with Crippen molar-refractivity contribution in [1.29, 1.82) is 0 Å². The van der Waals surface area contributed by atoms with Gasteiger partial charge in [0.25, 0.3) is 5.91 Å². The molecule has 0 atom stereocenters. The zero-order valence-electron chi connectivity index (χ0n) is 11.7. The molecule has 1 aliphatic rings. The van der Waals surface area contributed by atoms with Gasteiger partial charge in [-0.2, -0.15) is 0 Å². The Kier molecular flexibility index (Phi) is 3.14. The van der Waals surface area contributed by atoms with Crippen molar-refractivity contribution in [1.82, 2.24) is 9.88 Å². The summed E-state index contributed by atoms with van der Waals surface area (Å²) in [6.45, 7) is 1.25. The lowest BCUT2D eigenvalue weighted by Gasteiger charge is -2.16. The summed E-state index contributed by atoms with van der Waals surface area (Å²) in [4.78, 5) is 20.7. The summed E-state index contributed by atoms with van der Waals surface area (Å²) in [7, 11) is 3.97. The molecule has 20 heavy (non-hydrogen) atoms. The SMILES string of the molecule is CN(C)c1ccc(C(=O)N2Cc3cccnc3C2)cc1. The van der Waals surface area contributed by atoms with Crippen molar-refractivity contribution >= 4 is 11.6 Å². The molecule has 0 spiro atoms. The van der Waals surface area contributed by atoms with E-state index in [2.05, 4.69) is 4.98 Å². The Hall–Kier alpha value is -2.36. The second-order valence-corrected chi connectivity index (χ2v) is 5.21. The van der Waals surface area contributed by atoms with Crippen LogP contribution in [0.2, 0.25) is 0 Å². The fraction of sp³-hybridized carbons (Fsp3) is 0.250. The highest BCUT2D eigenvalue weighted by molar-refractivity contribution is 5.94. The predicted octanol–water partition coefficient (Wildman–Crippen LogP) is 2.30. The number of hydrogen-bond acceptors (Lipinski definition) is 3. The Bertz CT molecular complexity index is 609. The van der Waals surface area contributed by atoms with E-state index >= 15 is 0 Å². The molecule has 3 rings (SSSR count). The molecule has 102 valence electrons. The Morgan fingerprint density at radius 3 is 2.55 bits per heavy atom. The van der Waals surface area contributed by atoms with Gasteiger partial charge < -0.3 is 9.80 Å². The molecule has 0 saturated heterocycles. The van der Waals surface area contributed by atoms with Gasteiger partial charge in [0.15, 0.2) is 0 Å². The highest BCUT2D eigenvalue weighted by Gasteiger charge is 2.24. The maximum atomic E-state index is 12.5. The molecule has 2 aromatic rings. The topological polar surface area (TPSA) is 36.4 Å². The molecule has 0 N–H and O–H groups in total. The van der Waals surface area contributed by atoms with E-state index in [9.17, 15) is 4.79 Å². The van der Waals surface area contributed by atoms with Crippen LogP contribution in [0.5, 0.6) is 0 Å². The molecule has 1 aromatic heterocycles. The number of fused-ring (bicyclic) bond motifs is 1.